The average Bonchev–Trinajstić information content (AvgIpc) is 2.72. The highest BCUT2D eigenvalue weighted by Gasteiger charge is 2.22. The summed E-state index contributed by atoms with van der Waals surface area (Å²) in [5.74, 6) is 1.51. The van der Waals surface area contributed by atoms with Crippen LogP contribution in [0.25, 0.3) is 11.3 Å². The molecule has 4 nitrogen and oxygen atoms in total. The van der Waals surface area contributed by atoms with Crippen molar-refractivity contribution in [2.24, 2.45) is 0 Å². The largest absolute Gasteiger partial charge is 0.493 e. The summed E-state index contributed by atoms with van der Waals surface area (Å²) in [6.45, 7) is 2.93. The quantitative estimate of drug-likeness (QED) is 0.916. The number of aromatic nitrogens is 1. The third-order valence-electron chi connectivity index (χ3n) is 3.57. The molecule has 100 valence electrons. The number of rotatable bonds is 2. The second kappa shape index (κ2) is 4.42. The van der Waals surface area contributed by atoms with Gasteiger partial charge in [0, 0.05) is 17.0 Å². The molecule has 1 aromatic heterocycles. The Hall–Kier alpha value is -1.75. The van der Waals surface area contributed by atoms with Crippen LogP contribution in [0.3, 0.4) is 0 Å². The first-order valence-corrected chi connectivity index (χ1v) is 6.97. The lowest BCUT2D eigenvalue weighted by molar-refractivity contribution is 0.354. The van der Waals surface area contributed by atoms with Crippen LogP contribution in [-0.2, 0) is 13.0 Å². The molecule has 5 heteroatoms. The van der Waals surface area contributed by atoms with Gasteiger partial charge in [-0.1, -0.05) is 0 Å². The zero-order valence-corrected chi connectivity index (χ0v) is 12.1. The molecule has 0 aliphatic carbocycles. The minimum absolute atomic E-state index is 0.618. The highest BCUT2D eigenvalue weighted by molar-refractivity contribution is 7.09. The van der Waals surface area contributed by atoms with Gasteiger partial charge in [-0.25, -0.2) is 0 Å². The van der Waals surface area contributed by atoms with Gasteiger partial charge in [0.1, 0.15) is 0 Å². The molecule has 0 radical (unpaired) electrons. The van der Waals surface area contributed by atoms with E-state index in [2.05, 4.69) is 17.6 Å². The lowest BCUT2D eigenvalue weighted by atomic mass is 9.97. The molecule has 0 amide bonds. The number of fused-ring (bicyclic) bond motifs is 3. The molecule has 0 unspecified atom stereocenters. The molecule has 2 heterocycles. The summed E-state index contributed by atoms with van der Waals surface area (Å²) in [6.07, 6.45) is 0.926. The highest BCUT2D eigenvalue weighted by atomic mass is 32.1. The molecule has 2 aromatic rings. The van der Waals surface area contributed by atoms with Gasteiger partial charge in [-0.05, 0) is 31.0 Å². The maximum atomic E-state index is 8.01. The fraction of sp³-hybridized carbons (Fsp3) is 0.357. The summed E-state index contributed by atoms with van der Waals surface area (Å²) < 4.78 is 12.8. The summed E-state index contributed by atoms with van der Waals surface area (Å²) in [7, 11) is 3.31. The Labute approximate surface area is 115 Å². The number of thiazole rings is 1. The molecule has 0 saturated heterocycles. The van der Waals surface area contributed by atoms with E-state index in [0.29, 0.717) is 4.80 Å². The van der Waals surface area contributed by atoms with Crippen LogP contribution in [0.4, 0.5) is 0 Å². The first-order chi connectivity index (χ1) is 9.15. The minimum Gasteiger partial charge on any atom is -0.493 e. The van der Waals surface area contributed by atoms with E-state index in [1.165, 1.54) is 21.8 Å². The molecule has 0 bridgehead atoms. The molecule has 1 aromatic carbocycles. The van der Waals surface area contributed by atoms with Gasteiger partial charge < -0.3 is 14.0 Å². The Bertz CT molecular complexity index is 700. The average molecular weight is 276 g/mol. The zero-order valence-electron chi connectivity index (χ0n) is 11.2. The van der Waals surface area contributed by atoms with Crippen molar-refractivity contribution in [2.45, 2.75) is 19.9 Å². The number of benzene rings is 1. The van der Waals surface area contributed by atoms with Gasteiger partial charge in [0.05, 0.1) is 19.9 Å². The molecule has 3 rings (SSSR count). The number of nitrogens with zero attached hydrogens (tertiary/aromatic N) is 1. The first kappa shape index (κ1) is 12.3. The van der Waals surface area contributed by atoms with Gasteiger partial charge in [-0.2, -0.15) is 0 Å². The second-order valence-corrected chi connectivity index (χ2v) is 5.78. The maximum Gasteiger partial charge on any atom is 0.182 e. The number of aryl methyl sites for hydroxylation is 2. The lowest BCUT2D eigenvalue weighted by Crippen LogP contribution is -2.20. The molecule has 0 fully saturated rings. The molecule has 1 aliphatic heterocycles. The normalized spacial score (nSPS) is 12.8. The summed E-state index contributed by atoms with van der Waals surface area (Å²) >= 11 is 1.53. The third-order valence-corrected chi connectivity index (χ3v) is 4.48. The standard InChI is InChI=1S/C14H16N2O2S/c1-8-13-10-7-12(18-3)11(17-2)6-9(10)4-5-16(13)14(15)19-8/h6-7,15H,4-5H2,1-3H3. The van der Waals surface area contributed by atoms with Gasteiger partial charge in [0.15, 0.2) is 16.3 Å². The van der Waals surface area contributed by atoms with E-state index in [9.17, 15) is 0 Å². The number of nitrogens with one attached hydrogen (secondary N) is 1. The van der Waals surface area contributed by atoms with Crippen molar-refractivity contribution in [1.82, 2.24) is 4.57 Å². The molecule has 0 atom stereocenters. The summed E-state index contributed by atoms with van der Waals surface area (Å²) in [4.78, 5) is 1.80. The minimum atomic E-state index is 0.618. The molecule has 0 saturated carbocycles. The van der Waals surface area contributed by atoms with E-state index in [4.69, 9.17) is 14.9 Å². The number of ether oxygens (including phenoxy) is 2. The van der Waals surface area contributed by atoms with E-state index in [1.54, 1.807) is 14.2 Å². The molecule has 1 N–H and O–H groups in total. The van der Waals surface area contributed by atoms with Crippen molar-refractivity contribution < 1.29 is 9.47 Å². The Balaban J connectivity index is 2.29. The molecule has 19 heavy (non-hydrogen) atoms. The maximum absolute atomic E-state index is 8.01. The first-order valence-electron chi connectivity index (χ1n) is 6.15. The number of hydrogen-bond donors (Lipinski definition) is 1. The molecular weight excluding hydrogens is 260 g/mol. The van der Waals surface area contributed by atoms with E-state index in [0.717, 1.165) is 35.7 Å². The topological polar surface area (TPSA) is 47.2 Å². The van der Waals surface area contributed by atoms with Gasteiger partial charge in [-0.15, -0.1) is 11.3 Å². The zero-order chi connectivity index (χ0) is 13.6. The Morgan fingerprint density at radius 2 is 1.89 bits per heavy atom. The van der Waals surface area contributed by atoms with Gasteiger partial charge in [0.25, 0.3) is 0 Å². The van der Waals surface area contributed by atoms with Crippen LogP contribution in [-0.4, -0.2) is 18.8 Å². The lowest BCUT2D eigenvalue weighted by Gasteiger charge is -2.21. The third kappa shape index (κ3) is 1.76. The van der Waals surface area contributed by atoms with Crippen molar-refractivity contribution in [2.75, 3.05) is 14.2 Å². The van der Waals surface area contributed by atoms with E-state index in [1.807, 2.05) is 6.07 Å². The van der Waals surface area contributed by atoms with Crippen molar-refractivity contribution in [1.29, 1.82) is 5.41 Å². The summed E-state index contributed by atoms with van der Waals surface area (Å²) in [5.41, 5.74) is 3.58. The van der Waals surface area contributed by atoms with E-state index < -0.39 is 0 Å². The van der Waals surface area contributed by atoms with E-state index in [-0.39, 0.29) is 0 Å². The van der Waals surface area contributed by atoms with Crippen LogP contribution >= 0.6 is 11.3 Å². The number of methoxy groups -OCH3 is 2. The van der Waals surface area contributed by atoms with Crippen LogP contribution < -0.4 is 14.3 Å². The van der Waals surface area contributed by atoms with Crippen molar-refractivity contribution in [3.05, 3.63) is 27.4 Å². The van der Waals surface area contributed by atoms with Crippen LogP contribution in [0.5, 0.6) is 11.5 Å². The van der Waals surface area contributed by atoms with E-state index >= 15 is 0 Å². The van der Waals surface area contributed by atoms with Crippen molar-refractivity contribution in [3.63, 3.8) is 0 Å². The fourth-order valence-corrected chi connectivity index (χ4v) is 3.57. The second-order valence-electron chi connectivity index (χ2n) is 4.58. The molecule has 0 spiro atoms. The van der Waals surface area contributed by atoms with Crippen LogP contribution in [0.2, 0.25) is 0 Å². The Kier molecular flexibility index (Phi) is 2.86. The summed E-state index contributed by atoms with van der Waals surface area (Å²) in [6, 6.07) is 4.08. The van der Waals surface area contributed by atoms with Crippen LogP contribution in [0.1, 0.15) is 10.4 Å². The van der Waals surface area contributed by atoms with Crippen LogP contribution in [0, 0.1) is 12.3 Å². The molecule has 1 aliphatic rings. The predicted molar refractivity (Wildman–Crippen MR) is 75.1 cm³/mol. The highest BCUT2D eigenvalue weighted by Crippen LogP contribution is 2.39. The Morgan fingerprint density at radius 3 is 2.58 bits per heavy atom. The number of hydrogen-bond acceptors (Lipinski definition) is 4. The van der Waals surface area contributed by atoms with Crippen LogP contribution in [0.15, 0.2) is 12.1 Å². The van der Waals surface area contributed by atoms with Crippen molar-refractivity contribution in [3.8, 4) is 22.8 Å². The summed E-state index contributed by atoms with van der Waals surface area (Å²) in [5, 5.41) is 8.01. The van der Waals surface area contributed by atoms with Gasteiger partial charge >= 0.3 is 0 Å². The molecular formula is C14H16N2O2S. The predicted octanol–water partition coefficient (Wildman–Crippen LogP) is 2.58. The van der Waals surface area contributed by atoms with Gasteiger partial charge in [-0.3, -0.25) is 5.41 Å². The Morgan fingerprint density at radius 1 is 1.21 bits per heavy atom. The van der Waals surface area contributed by atoms with Gasteiger partial charge in [0.2, 0.25) is 0 Å². The monoisotopic (exact) mass is 276 g/mol. The SMILES string of the molecule is COc1cc2c(cc1OC)-c1c(C)sc(=N)n1CC2. The fourth-order valence-electron chi connectivity index (χ4n) is 2.67. The van der Waals surface area contributed by atoms with Crippen molar-refractivity contribution >= 4 is 11.3 Å². The smallest absolute Gasteiger partial charge is 0.182 e.